The predicted molar refractivity (Wildman–Crippen MR) is 186 cm³/mol. The van der Waals surface area contributed by atoms with Crippen molar-refractivity contribution in [2.45, 2.75) is 31.3 Å². The van der Waals surface area contributed by atoms with Gasteiger partial charge < -0.3 is 48.6 Å². The van der Waals surface area contributed by atoms with Crippen molar-refractivity contribution in [1.29, 1.82) is 0 Å². The molecule has 17 heteroatoms. The third-order valence-electron chi connectivity index (χ3n) is 3.21. The van der Waals surface area contributed by atoms with Crippen LogP contribution in [0.25, 0.3) is 0 Å². The number of hydrogen-bond acceptors (Lipinski definition) is 10. The van der Waals surface area contributed by atoms with E-state index < -0.39 is 12.2 Å². The Hall–Kier alpha value is 2.23. The van der Waals surface area contributed by atoms with E-state index >= 15 is 0 Å². The number of hydrogen-bond donors (Lipinski definition) is 6. The Morgan fingerprint density at radius 3 is 1.39 bits per heavy atom. The maximum absolute atomic E-state index is 8.88. The summed E-state index contributed by atoms with van der Waals surface area (Å²) in [6, 6.07) is 10.7. The fourth-order valence-corrected chi connectivity index (χ4v) is 1.74. The fraction of sp³-hybridized carbons (Fsp3) is 0.429. The first-order valence-electron chi connectivity index (χ1n) is 9.93. The predicted octanol–water partition coefficient (Wildman–Crippen LogP) is 2.44. The van der Waals surface area contributed by atoms with E-state index in [0.29, 0.717) is 37.3 Å². The van der Waals surface area contributed by atoms with Crippen molar-refractivity contribution in [2.75, 3.05) is 26.4 Å². The number of halogens is 7. The molecule has 1 atom stereocenters. The van der Waals surface area contributed by atoms with E-state index in [9.17, 15) is 0 Å². The molecule has 226 valence electrons. The van der Waals surface area contributed by atoms with E-state index in [4.69, 9.17) is 60.2 Å². The van der Waals surface area contributed by atoms with E-state index in [0.717, 1.165) is 5.76 Å². The van der Waals surface area contributed by atoms with Crippen molar-refractivity contribution in [3.8, 4) is 0 Å². The van der Waals surface area contributed by atoms with Gasteiger partial charge in [-0.3, -0.25) is 0 Å². The molecule has 0 radical (unpaired) electrons. The maximum atomic E-state index is 8.88. The van der Waals surface area contributed by atoms with E-state index in [1.807, 2.05) is 12.1 Å². The van der Waals surface area contributed by atoms with Crippen LogP contribution in [0, 0.1) is 0 Å². The molecule has 0 aliphatic carbocycles. The van der Waals surface area contributed by atoms with Crippen LogP contribution in [-0.4, -0.2) is 69.3 Å². The summed E-state index contributed by atoms with van der Waals surface area (Å²) < 4.78 is 19.6. The first-order chi connectivity index (χ1) is 17.9. The van der Waals surface area contributed by atoms with Gasteiger partial charge in [-0.2, -0.15) is 0 Å². The molecular weight excluding hydrogens is 1210 g/mol. The van der Waals surface area contributed by atoms with Crippen LogP contribution in [0.3, 0.4) is 0 Å². The van der Waals surface area contributed by atoms with Crippen molar-refractivity contribution in [1.82, 2.24) is 0 Å². The normalized spacial score (nSPS) is 9.89. The topological polar surface area (TPSA) is 170 Å². The van der Waals surface area contributed by atoms with Crippen molar-refractivity contribution in [3.63, 3.8) is 0 Å². The van der Waals surface area contributed by atoms with Gasteiger partial charge in [-0.15, -0.1) is 35.6 Å². The maximum Gasteiger partial charge on any atom is 0.129 e. The van der Waals surface area contributed by atoms with Crippen molar-refractivity contribution in [3.05, 3.63) is 72.5 Å². The third-order valence-corrected chi connectivity index (χ3v) is 3.48. The molecule has 0 saturated carbocycles. The first-order valence-corrected chi connectivity index (χ1v) is 29.3. The smallest absolute Gasteiger partial charge is 0.129 e. The standard InChI is InChI=1S/C8H12O4.C5H5ClO.C5H6O2.C3H8O3.I3.I2.HI/c9-4-7(10)5-11-6-8-2-1-3-12-8;2*6-4-5-2-1-3-7-5;4-1-3(6)2-5;1-3-2;1-2;/h1-3,7,9-10H,4-6H2;1-3H,4H2;1-3,6H,4H2;3-6H,1-2H2;;;1H/q;;;;-1;;. The molecule has 38 heavy (non-hydrogen) atoms. The number of aliphatic hydroxyl groups excluding tert-OH is 6. The molecule has 0 aliphatic rings. The molecule has 0 aliphatic heterocycles. The summed E-state index contributed by atoms with van der Waals surface area (Å²) in [5.41, 5.74) is 0. The third kappa shape index (κ3) is 34.4. The number of alkyl halides is 1. The van der Waals surface area contributed by atoms with Gasteiger partial charge in [0.05, 0.1) is 51.1 Å². The molecule has 3 rings (SSSR count). The Kier molecular flexibility index (Phi) is 48.7. The Bertz CT molecular complexity index is 702. The molecule has 3 aromatic heterocycles. The van der Waals surface area contributed by atoms with Crippen LogP contribution in [0.2, 0.25) is 0 Å². The number of rotatable bonds is 9. The molecule has 0 fully saturated rings. The second kappa shape index (κ2) is 39.2. The SMILES string of the molecule is ClCc1ccco1.I.II.I[I-]I.OCC(O)CO.OCC(O)COCc1ccco1.OCc1ccco1. The Labute approximate surface area is 297 Å². The number of ether oxygens (including phenoxy) is 1. The summed E-state index contributed by atoms with van der Waals surface area (Å²) in [4.78, 5) is 0. The Morgan fingerprint density at radius 1 is 0.763 bits per heavy atom. The Balaban J connectivity index is -0.000000196. The number of furan rings is 3. The van der Waals surface area contributed by atoms with Crippen LogP contribution >= 0.6 is 110 Å². The van der Waals surface area contributed by atoms with Gasteiger partial charge in [0.1, 0.15) is 42.7 Å². The zero-order valence-electron chi connectivity index (χ0n) is 19.8. The minimum atomic E-state index is -0.954. The largest absolute Gasteiger partial charge is 0.467 e. The van der Waals surface area contributed by atoms with Crippen LogP contribution < -0.4 is 13.3 Å². The molecule has 3 aromatic rings. The van der Waals surface area contributed by atoms with E-state index in [1.165, 1.54) is 6.26 Å². The zero-order valence-corrected chi connectivity index (χ0v) is 33.7. The molecule has 0 amide bonds. The summed E-state index contributed by atoms with van der Waals surface area (Å²) in [6.07, 6.45) is 2.94. The molecule has 10 nitrogen and oxygen atoms in total. The minimum absolute atomic E-state index is 0. The van der Waals surface area contributed by atoms with Crippen LogP contribution in [0.15, 0.2) is 68.4 Å². The van der Waals surface area contributed by atoms with E-state index in [1.54, 1.807) is 36.8 Å². The summed E-state index contributed by atoms with van der Waals surface area (Å²) in [6.45, 7) is -0.570. The molecule has 0 saturated heterocycles. The quantitative estimate of drug-likeness (QED) is 0.138. The van der Waals surface area contributed by atoms with E-state index in [2.05, 4.69) is 74.5 Å². The monoisotopic (exact) mass is 1240 g/mol. The van der Waals surface area contributed by atoms with Gasteiger partial charge in [0.25, 0.3) is 0 Å². The van der Waals surface area contributed by atoms with Gasteiger partial charge in [-0.05, 0) is 36.4 Å². The average Bonchev–Trinajstić information content (AvgIpc) is 3.74. The Morgan fingerprint density at radius 2 is 1.16 bits per heavy atom. The summed E-state index contributed by atoms with van der Waals surface area (Å²) >= 11 is 14.9. The second-order valence-corrected chi connectivity index (χ2v) is 22.5. The summed E-state index contributed by atoms with van der Waals surface area (Å²) in [5.74, 6) is 2.61. The fourth-order valence-electron chi connectivity index (χ4n) is 1.59. The molecule has 0 aromatic carbocycles. The van der Waals surface area contributed by atoms with Crippen molar-refractivity contribution in [2.24, 2.45) is 0 Å². The van der Waals surface area contributed by atoms with Crippen LogP contribution in [0.4, 0.5) is 0 Å². The van der Waals surface area contributed by atoms with Crippen LogP contribution in [0.5, 0.6) is 0 Å². The van der Waals surface area contributed by atoms with Gasteiger partial charge in [0.15, 0.2) is 0 Å². The average molecular weight is 1240 g/mol. The first kappa shape index (κ1) is 47.2. The van der Waals surface area contributed by atoms with Crippen LogP contribution in [-0.2, 0) is 23.8 Å². The van der Waals surface area contributed by atoms with Gasteiger partial charge in [-0.25, -0.2) is 0 Å². The molecule has 3 heterocycles. The summed E-state index contributed by atoms with van der Waals surface area (Å²) in [7, 11) is 0. The van der Waals surface area contributed by atoms with Crippen molar-refractivity contribution < 1.29 is 61.9 Å². The molecule has 0 spiro atoms. The van der Waals surface area contributed by atoms with Gasteiger partial charge >= 0.3 is 50.5 Å². The number of aliphatic hydroxyl groups is 6. The minimum Gasteiger partial charge on any atom is -0.467 e. The van der Waals surface area contributed by atoms with Crippen LogP contribution in [0.1, 0.15) is 17.3 Å². The molecule has 0 bridgehead atoms. The molecular formula is C21H32ClI6O10-. The van der Waals surface area contributed by atoms with Gasteiger partial charge in [0.2, 0.25) is 0 Å². The summed E-state index contributed by atoms with van der Waals surface area (Å²) in [5, 5.41) is 49.7. The molecule has 6 N–H and O–H groups in total. The van der Waals surface area contributed by atoms with E-state index in [-0.39, 0.29) is 57.0 Å². The van der Waals surface area contributed by atoms with Gasteiger partial charge in [0, 0.05) is 37.2 Å². The van der Waals surface area contributed by atoms with Gasteiger partial charge in [-0.1, -0.05) is 0 Å². The zero-order chi connectivity index (χ0) is 28.7. The van der Waals surface area contributed by atoms with Crippen molar-refractivity contribution >= 4 is 110 Å². The second-order valence-electron chi connectivity index (χ2n) is 5.95. The molecule has 1 unspecified atom stereocenters.